The third-order valence-corrected chi connectivity index (χ3v) is 5.52. The van der Waals surface area contributed by atoms with Gasteiger partial charge >= 0.3 is 0 Å². The summed E-state index contributed by atoms with van der Waals surface area (Å²) in [6.07, 6.45) is 1.52. The highest BCUT2D eigenvalue weighted by Crippen LogP contribution is 2.27. The van der Waals surface area contributed by atoms with Crippen LogP contribution in [0.3, 0.4) is 0 Å². The third kappa shape index (κ3) is 3.30. The fraction of sp³-hybridized carbons (Fsp3) is 0.450. The van der Waals surface area contributed by atoms with Gasteiger partial charge in [-0.1, -0.05) is 35.0 Å². The second-order valence-corrected chi connectivity index (χ2v) is 7.55. The van der Waals surface area contributed by atoms with E-state index in [-0.39, 0.29) is 28.9 Å². The van der Waals surface area contributed by atoms with Crippen LogP contribution in [0, 0.1) is 13.8 Å². The summed E-state index contributed by atoms with van der Waals surface area (Å²) in [6, 6.07) is 8.21. The highest BCUT2D eigenvalue weighted by molar-refractivity contribution is 5.83. The van der Waals surface area contributed by atoms with Crippen LogP contribution in [0.2, 0.25) is 0 Å². The van der Waals surface area contributed by atoms with Crippen molar-refractivity contribution < 1.29 is 4.79 Å². The molecule has 4 rings (SSSR count). The van der Waals surface area contributed by atoms with Gasteiger partial charge in [-0.25, -0.2) is 9.67 Å². The number of amides is 1. The van der Waals surface area contributed by atoms with Crippen LogP contribution < -0.4 is 5.56 Å². The minimum absolute atomic E-state index is 0.0810. The van der Waals surface area contributed by atoms with Gasteiger partial charge in [-0.2, -0.15) is 0 Å². The first-order valence-electron chi connectivity index (χ1n) is 9.61. The van der Waals surface area contributed by atoms with Gasteiger partial charge in [0.05, 0.1) is 12.0 Å². The number of aromatic nitrogens is 5. The monoisotopic (exact) mass is 380 g/mol. The molecule has 0 aliphatic carbocycles. The second-order valence-electron chi connectivity index (χ2n) is 7.55. The lowest BCUT2D eigenvalue weighted by molar-refractivity contribution is -0.133. The van der Waals surface area contributed by atoms with E-state index in [1.807, 2.05) is 43.0 Å². The number of aromatic amines is 1. The molecule has 1 unspecified atom stereocenters. The number of benzene rings is 1. The van der Waals surface area contributed by atoms with E-state index in [1.165, 1.54) is 5.56 Å². The summed E-state index contributed by atoms with van der Waals surface area (Å²) in [4.78, 5) is 33.9. The molecule has 0 saturated carbocycles. The minimum Gasteiger partial charge on any atom is -0.342 e. The van der Waals surface area contributed by atoms with E-state index >= 15 is 0 Å². The summed E-state index contributed by atoms with van der Waals surface area (Å²) >= 11 is 0. The van der Waals surface area contributed by atoms with Crippen LogP contribution >= 0.6 is 0 Å². The molecule has 1 N–H and O–H groups in total. The Labute approximate surface area is 162 Å². The quantitative estimate of drug-likeness (QED) is 0.750. The fourth-order valence-corrected chi connectivity index (χ4v) is 3.80. The number of H-pyrrole nitrogens is 1. The molecule has 1 aromatic carbocycles. The topological polar surface area (TPSA) is 96.8 Å². The Kier molecular flexibility index (Phi) is 4.70. The Balaban J connectivity index is 1.47. The molecule has 3 aromatic rings. The summed E-state index contributed by atoms with van der Waals surface area (Å²) in [5, 5.41) is 8.15. The number of piperidine rings is 1. The molecule has 0 spiro atoms. The van der Waals surface area contributed by atoms with Gasteiger partial charge in [0, 0.05) is 13.1 Å². The number of nitrogens with zero attached hydrogens (tertiary/aromatic N) is 5. The predicted octanol–water partition coefficient (Wildman–Crippen LogP) is 2.10. The van der Waals surface area contributed by atoms with Gasteiger partial charge in [0.2, 0.25) is 5.91 Å². The van der Waals surface area contributed by atoms with E-state index in [9.17, 15) is 9.59 Å². The number of likely N-dealkylation sites (tertiary alicyclic amines) is 1. The fourth-order valence-electron chi connectivity index (χ4n) is 3.80. The molecule has 1 aliphatic rings. The zero-order chi connectivity index (χ0) is 19.8. The Morgan fingerprint density at radius 3 is 2.54 bits per heavy atom. The Hall–Kier alpha value is -3.03. The van der Waals surface area contributed by atoms with Gasteiger partial charge in [0.25, 0.3) is 5.56 Å². The molecule has 1 saturated heterocycles. The van der Waals surface area contributed by atoms with E-state index in [4.69, 9.17) is 0 Å². The van der Waals surface area contributed by atoms with E-state index in [1.54, 1.807) is 11.6 Å². The highest BCUT2D eigenvalue weighted by atomic mass is 16.2. The molecule has 28 heavy (non-hydrogen) atoms. The van der Waals surface area contributed by atoms with Gasteiger partial charge in [-0.15, -0.1) is 5.10 Å². The first kappa shape index (κ1) is 18.3. The smallest absolute Gasteiger partial charge is 0.281 e. The molecule has 8 heteroatoms. The number of carbonyl (C=O) groups excluding carboxylic acids is 1. The largest absolute Gasteiger partial charge is 0.342 e. The Morgan fingerprint density at radius 1 is 1.18 bits per heavy atom. The molecule has 1 atom stereocenters. The maximum atomic E-state index is 12.9. The third-order valence-electron chi connectivity index (χ3n) is 5.52. The molecule has 1 aliphatic heterocycles. The average Bonchev–Trinajstić information content (AvgIpc) is 3.12. The lowest BCUT2D eigenvalue weighted by Gasteiger charge is -2.33. The maximum absolute atomic E-state index is 12.9. The molecule has 146 valence electrons. The number of fused-ring (bicyclic) bond motifs is 1. The number of hydrogen-bond acceptors (Lipinski definition) is 5. The molecule has 2 aromatic heterocycles. The van der Waals surface area contributed by atoms with Crippen molar-refractivity contribution in [3.05, 3.63) is 51.6 Å². The second kappa shape index (κ2) is 7.18. The first-order valence-corrected chi connectivity index (χ1v) is 9.61. The number of nitrogens with one attached hydrogen (secondary N) is 1. The maximum Gasteiger partial charge on any atom is 0.281 e. The normalized spacial score (nSPS) is 16.5. The van der Waals surface area contributed by atoms with Crippen LogP contribution in [0.1, 0.15) is 48.7 Å². The molecule has 0 radical (unpaired) electrons. The zero-order valence-corrected chi connectivity index (χ0v) is 16.3. The van der Waals surface area contributed by atoms with Crippen LogP contribution in [0.5, 0.6) is 0 Å². The van der Waals surface area contributed by atoms with Gasteiger partial charge < -0.3 is 9.88 Å². The number of carbonyl (C=O) groups is 1. The van der Waals surface area contributed by atoms with Crippen molar-refractivity contribution in [2.45, 2.75) is 45.6 Å². The van der Waals surface area contributed by atoms with Crippen LogP contribution in [0.25, 0.3) is 11.2 Å². The number of hydrogen-bond donors (Lipinski definition) is 1. The number of rotatable bonds is 3. The molecule has 1 amide bonds. The van der Waals surface area contributed by atoms with Gasteiger partial charge in [0.15, 0.2) is 11.2 Å². The van der Waals surface area contributed by atoms with E-state index in [0.29, 0.717) is 24.6 Å². The van der Waals surface area contributed by atoms with E-state index < -0.39 is 0 Å². The average molecular weight is 380 g/mol. The molecular weight excluding hydrogens is 356 g/mol. The molecule has 0 bridgehead atoms. The summed E-state index contributed by atoms with van der Waals surface area (Å²) in [5.41, 5.74) is 2.73. The van der Waals surface area contributed by atoms with Gasteiger partial charge in [-0.3, -0.25) is 9.59 Å². The van der Waals surface area contributed by atoms with Crippen molar-refractivity contribution in [2.75, 3.05) is 13.1 Å². The summed E-state index contributed by atoms with van der Waals surface area (Å²) < 4.78 is 1.74. The summed E-state index contributed by atoms with van der Waals surface area (Å²) in [6.45, 7) is 7.06. The van der Waals surface area contributed by atoms with Crippen molar-refractivity contribution in [1.82, 2.24) is 29.9 Å². The van der Waals surface area contributed by atoms with Crippen LogP contribution in [0.15, 0.2) is 29.1 Å². The molecular formula is C20H24N6O2. The van der Waals surface area contributed by atoms with Crippen molar-refractivity contribution in [2.24, 2.45) is 0 Å². The highest BCUT2D eigenvalue weighted by Gasteiger charge is 2.29. The standard InChI is InChI=1S/C20H24N6O2/c1-12-4-6-15(7-5-12)13(2)20(28)25-10-8-16(9-11-25)26-18-17(23-24-26)19(27)22-14(3)21-18/h4-7,13,16H,8-11H2,1-3H3,(H,21,22,27). The summed E-state index contributed by atoms with van der Waals surface area (Å²) in [7, 11) is 0. The summed E-state index contributed by atoms with van der Waals surface area (Å²) in [5.74, 6) is 0.531. The molecule has 8 nitrogen and oxygen atoms in total. The lowest BCUT2D eigenvalue weighted by Crippen LogP contribution is -2.41. The van der Waals surface area contributed by atoms with Crippen molar-refractivity contribution >= 4 is 17.1 Å². The zero-order valence-electron chi connectivity index (χ0n) is 16.3. The van der Waals surface area contributed by atoms with Crippen LogP contribution in [0.4, 0.5) is 0 Å². The Bertz CT molecular complexity index is 1060. The van der Waals surface area contributed by atoms with Crippen molar-refractivity contribution in [3.8, 4) is 0 Å². The Morgan fingerprint density at radius 2 is 1.86 bits per heavy atom. The predicted molar refractivity (Wildman–Crippen MR) is 105 cm³/mol. The molecule has 1 fully saturated rings. The van der Waals surface area contributed by atoms with Gasteiger partial charge in [0.1, 0.15) is 5.82 Å². The van der Waals surface area contributed by atoms with E-state index in [0.717, 1.165) is 18.4 Å². The van der Waals surface area contributed by atoms with E-state index in [2.05, 4.69) is 20.3 Å². The number of aryl methyl sites for hydroxylation is 2. The first-order chi connectivity index (χ1) is 13.4. The minimum atomic E-state index is -0.270. The molecule has 3 heterocycles. The van der Waals surface area contributed by atoms with Crippen LogP contribution in [-0.4, -0.2) is 48.9 Å². The van der Waals surface area contributed by atoms with Crippen LogP contribution in [-0.2, 0) is 4.79 Å². The SMILES string of the molecule is Cc1ccc(C(C)C(=O)N2CCC(n3nnc4c(=O)[nH]c(C)nc43)CC2)cc1. The van der Waals surface area contributed by atoms with Crippen molar-refractivity contribution in [1.29, 1.82) is 0 Å². The van der Waals surface area contributed by atoms with Crippen molar-refractivity contribution in [3.63, 3.8) is 0 Å². The van der Waals surface area contributed by atoms with Gasteiger partial charge in [-0.05, 0) is 39.2 Å². The lowest BCUT2D eigenvalue weighted by atomic mass is 9.96.